The Morgan fingerprint density at radius 3 is 2.35 bits per heavy atom. The summed E-state index contributed by atoms with van der Waals surface area (Å²) < 4.78 is 54.7. The van der Waals surface area contributed by atoms with Gasteiger partial charge in [-0.1, -0.05) is 36.4 Å². The number of carbonyl (C=O) groups is 1. The molecule has 26 heavy (non-hydrogen) atoms. The molecule has 0 bridgehead atoms. The van der Waals surface area contributed by atoms with Crippen molar-refractivity contribution in [3.63, 3.8) is 0 Å². The maximum absolute atomic E-state index is 13.6. The second kappa shape index (κ2) is 8.55. The minimum absolute atomic E-state index is 0.148. The number of nitrogens with one attached hydrogen (secondary N) is 2. The second-order valence-electron chi connectivity index (χ2n) is 5.68. The van der Waals surface area contributed by atoms with Gasteiger partial charge in [0.25, 0.3) is 0 Å². The summed E-state index contributed by atoms with van der Waals surface area (Å²) in [6.45, 7) is 1.55. The Morgan fingerprint density at radius 2 is 1.69 bits per heavy atom. The van der Waals surface area contributed by atoms with Crippen molar-refractivity contribution in [2.75, 3.05) is 0 Å². The molecule has 0 aromatic heterocycles. The molecule has 1 atom stereocenters. The molecule has 0 aliphatic heterocycles. The predicted octanol–water partition coefficient (Wildman–Crippen LogP) is 4.15. The zero-order valence-electron chi connectivity index (χ0n) is 13.9. The molecule has 0 heterocycles. The number of halogens is 4. The highest BCUT2D eigenvalue weighted by Crippen LogP contribution is 2.26. The number of para-hydroxylation sites is 1. The summed E-state index contributed by atoms with van der Waals surface area (Å²) in [5.74, 6) is -0.737. The van der Waals surface area contributed by atoms with Gasteiger partial charge in [0.15, 0.2) is 0 Å². The van der Waals surface area contributed by atoms with Crippen molar-refractivity contribution in [3.05, 3.63) is 65.5 Å². The maximum atomic E-state index is 13.6. The van der Waals surface area contributed by atoms with Gasteiger partial charge in [-0.25, -0.2) is 9.18 Å². The van der Waals surface area contributed by atoms with Gasteiger partial charge in [-0.05, 0) is 31.0 Å². The minimum atomic E-state index is -4.81. The minimum Gasteiger partial charge on any atom is -0.405 e. The molecule has 0 saturated carbocycles. The molecule has 0 saturated heterocycles. The Morgan fingerprint density at radius 1 is 1.08 bits per heavy atom. The van der Waals surface area contributed by atoms with Crippen LogP contribution in [0.2, 0.25) is 0 Å². The lowest BCUT2D eigenvalue weighted by molar-refractivity contribution is -0.274. The van der Waals surface area contributed by atoms with Crippen LogP contribution in [0, 0.1) is 5.82 Å². The van der Waals surface area contributed by atoms with Crippen molar-refractivity contribution in [3.8, 4) is 5.75 Å². The third-order valence-electron chi connectivity index (χ3n) is 3.50. The summed E-state index contributed by atoms with van der Waals surface area (Å²) in [6.07, 6.45) is -4.53. The number of hydrogen-bond donors (Lipinski definition) is 2. The van der Waals surface area contributed by atoms with Gasteiger partial charge < -0.3 is 15.4 Å². The van der Waals surface area contributed by atoms with E-state index in [4.69, 9.17) is 0 Å². The van der Waals surface area contributed by atoms with E-state index in [1.165, 1.54) is 24.3 Å². The lowest BCUT2D eigenvalue weighted by Gasteiger charge is -2.16. The summed E-state index contributed by atoms with van der Waals surface area (Å²) in [5, 5.41) is 5.08. The lowest BCUT2D eigenvalue weighted by atomic mass is 10.1. The molecule has 4 nitrogen and oxygen atoms in total. The summed E-state index contributed by atoms with van der Waals surface area (Å²) in [4.78, 5) is 11.9. The number of benzene rings is 2. The Balaban J connectivity index is 1.88. The fraction of sp³-hybridized carbons (Fsp3) is 0.278. The van der Waals surface area contributed by atoms with Crippen LogP contribution in [0.3, 0.4) is 0 Å². The summed E-state index contributed by atoms with van der Waals surface area (Å²) in [6, 6.07) is 10.8. The van der Waals surface area contributed by atoms with Gasteiger partial charge >= 0.3 is 12.4 Å². The molecule has 140 valence electrons. The van der Waals surface area contributed by atoms with Gasteiger partial charge in [0.2, 0.25) is 0 Å². The molecule has 0 spiro atoms. The van der Waals surface area contributed by atoms with E-state index in [0.717, 1.165) is 0 Å². The highest BCUT2D eigenvalue weighted by Gasteiger charge is 2.32. The van der Waals surface area contributed by atoms with E-state index >= 15 is 0 Å². The van der Waals surface area contributed by atoms with E-state index in [9.17, 15) is 22.4 Å². The van der Waals surface area contributed by atoms with Gasteiger partial charge in [0.1, 0.15) is 11.6 Å². The zero-order valence-corrected chi connectivity index (χ0v) is 13.9. The average molecular weight is 370 g/mol. The number of rotatable bonds is 6. The molecule has 2 amide bonds. The number of urea groups is 1. The van der Waals surface area contributed by atoms with Crippen LogP contribution in [-0.4, -0.2) is 18.4 Å². The number of carbonyl (C=O) groups excluding carboxylic acids is 1. The molecule has 2 aromatic carbocycles. The van der Waals surface area contributed by atoms with Crippen LogP contribution in [0.15, 0.2) is 48.5 Å². The number of alkyl halides is 3. The van der Waals surface area contributed by atoms with Crippen molar-refractivity contribution in [2.24, 2.45) is 0 Å². The first-order valence-corrected chi connectivity index (χ1v) is 7.86. The molecular weight excluding hydrogens is 352 g/mol. The topological polar surface area (TPSA) is 50.4 Å². The first-order valence-electron chi connectivity index (χ1n) is 7.86. The summed E-state index contributed by atoms with van der Waals surface area (Å²) >= 11 is 0. The number of ether oxygens (including phenoxy) is 1. The molecule has 2 N–H and O–H groups in total. The van der Waals surface area contributed by atoms with Crippen molar-refractivity contribution in [1.82, 2.24) is 10.6 Å². The third kappa shape index (κ3) is 6.27. The van der Waals surface area contributed by atoms with E-state index in [0.29, 0.717) is 5.56 Å². The Bertz CT molecular complexity index is 750. The van der Waals surface area contributed by atoms with Crippen LogP contribution in [0.4, 0.5) is 22.4 Å². The Kier molecular flexibility index (Phi) is 6.43. The van der Waals surface area contributed by atoms with Gasteiger partial charge in [-0.2, -0.15) is 0 Å². The highest BCUT2D eigenvalue weighted by molar-refractivity contribution is 5.74. The smallest absolute Gasteiger partial charge is 0.405 e. The van der Waals surface area contributed by atoms with Crippen molar-refractivity contribution in [1.29, 1.82) is 0 Å². The van der Waals surface area contributed by atoms with E-state index in [2.05, 4.69) is 15.4 Å². The first kappa shape index (κ1) is 19.6. The molecule has 1 unspecified atom stereocenters. The van der Waals surface area contributed by atoms with Crippen LogP contribution in [0.5, 0.6) is 5.75 Å². The van der Waals surface area contributed by atoms with Crippen molar-refractivity contribution >= 4 is 6.03 Å². The molecule has 0 fully saturated rings. The van der Waals surface area contributed by atoms with Crippen LogP contribution < -0.4 is 15.4 Å². The predicted molar refractivity (Wildman–Crippen MR) is 88.1 cm³/mol. The fourth-order valence-corrected chi connectivity index (χ4v) is 2.37. The lowest BCUT2D eigenvalue weighted by Crippen LogP contribution is -2.41. The molecule has 0 aliphatic carbocycles. The monoisotopic (exact) mass is 370 g/mol. The zero-order chi connectivity index (χ0) is 19.2. The van der Waals surface area contributed by atoms with Gasteiger partial charge in [0, 0.05) is 18.2 Å². The molecular formula is C18H18F4N2O2. The quantitative estimate of drug-likeness (QED) is 0.751. The SMILES string of the molecule is CC(Cc1ccccc1F)NC(=O)NCc1ccccc1OC(F)(F)F. The Hall–Kier alpha value is -2.77. The standard InChI is InChI=1S/C18H18F4N2O2/c1-12(10-13-6-2-4-8-15(13)19)24-17(25)23-11-14-7-3-5-9-16(14)26-18(20,21)22/h2-9,12H,10-11H2,1H3,(H2,23,24,25). The third-order valence-corrected chi connectivity index (χ3v) is 3.50. The normalized spacial score (nSPS) is 12.3. The fourth-order valence-electron chi connectivity index (χ4n) is 2.37. The molecule has 0 radical (unpaired) electrons. The molecule has 0 aliphatic rings. The van der Waals surface area contributed by atoms with Crippen molar-refractivity contribution in [2.45, 2.75) is 32.3 Å². The molecule has 2 rings (SSSR count). The number of amides is 2. The number of hydrogen-bond acceptors (Lipinski definition) is 2. The molecule has 2 aromatic rings. The van der Waals surface area contributed by atoms with Gasteiger partial charge in [-0.15, -0.1) is 13.2 Å². The van der Waals surface area contributed by atoms with Crippen molar-refractivity contribution < 1.29 is 27.1 Å². The maximum Gasteiger partial charge on any atom is 0.573 e. The molecule has 8 heteroatoms. The first-order chi connectivity index (χ1) is 12.2. The van der Waals surface area contributed by atoms with E-state index in [-0.39, 0.29) is 36.1 Å². The van der Waals surface area contributed by atoms with Crippen LogP contribution in [0.1, 0.15) is 18.1 Å². The second-order valence-corrected chi connectivity index (χ2v) is 5.68. The highest BCUT2D eigenvalue weighted by atomic mass is 19.4. The van der Waals surface area contributed by atoms with Crippen LogP contribution >= 0.6 is 0 Å². The van der Waals surface area contributed by atoms with E-state index < -0.39 is 12.4 Å². The average Bonchev–Trinajstić information content (AvgIpc) is 2.55. The largest absolute Gasteiger partial charge is 0.573 e. The summed E-state index contributed by atoms with van der Waals surface area (Å²) in [7, 11) is 0. The van der Waals surface area contributed by atoms with Crippen LogP contribution in [-0.2, 0) is 13.0 Å². The summed E-state index contributed by atoms with van der Waals surface area (Å²) in [5.41, 5.74) is 0.644. The van der Waals surface area contributed by atoms with E-state index in [1.54, 1.807) is 31.2 Å². The van der Waals surface area contributed by atoms with Gasteiger partial charge in [-0.3, -0.25) is 0 Å². The van der Waals surface area contributed by atoms with Gasteiger partial charge in [0.05, 0.1) is 0 Å². The van der Waals surface area contributed by atoms with Crippen LogP contribution in [0.25, 0.3) is 0 Å². The van der Waals surface area contributed by atoms with E-state index in [1.807, 2.05) is 0 Å². The Labute approximate surface area is 148 Å².